The van der Waals surface area contributed by atoms with Crippen molar-refractivity contribution in [1.82, 2.24) is 5.32 Å². The second-order valence-electron chi connectivity index (χ2n) is 4.40. The van der Waals surface area contributed by atoms with Crippen LogP contribution in [0.4, 0.5) is 0 Å². The zero-order valence-electron chi connectivity index (χ0n) is 9.97. The van der Waals surface area contributed by atoms with Crippen LogP contribution in [0.5, 0.6) is 0 Å². The summed E-state index contributed by atoms with van der Waals surface area (Å²) in [6.07, 6.45) is 1.68. The number of hydrogen-bond acceptors (Lipinski definition) is 2. The number of halogens is 1. The van der Waals surface area contributed by atoms with Crippen molar-refractivity contribution < 1.29 is 9.21 Å². The van der Waals surface area contributed by atoms with E-state index >= 15 is 0 Å². The summed E-state index contributed by atoms with van der Waals surface area (Å²) >= 11 is 3.37. The Morgan fingerprint density at radius 1 is 1.50 bits per heavy atom. The first kappa shape index (κ1) is 13.3. The summed E-state index contributed by atoms with van der Waals surface area (Å²) in [5.41, 5.74) is -0.222. The fourth-order valence-electron chi connectivity index (χ4n) is 1.36. The zero-order valence-corrected chi connectivity index (χ0v) is 11.6. The van der Waals surface area contributed by atoms with Gasteiger partial charge in [-0.15, -0.1) is 0 Å². The number of carbonyl (C=O) groups excluding carboxylic acids is 1. The fraction of sp³-hybridized carbons (Fsp3) is 0.583. The number of hydrogen-bond donors (Lipinski definition) is 1. The van der Waals surface area contributed by atoms with Gasteiger partial charge in [-0.1, -0.05) is 22.9 Å². The highest BCUT2D eigenvalue weighted by molar-refractivity contribution is 9.09. The van der Waals surface area contributed by atoms with Gasteiger partial charge in [-0.05, 0) is 32.4 Å². The van der Waals surface area contributed by atoms with Crippen molar-refractivity contribution in [3.05, 3.63) is 23.7 Å². The summed E-state index contributed by atoms with van der Waals surface area (Å²) in [7, 11) is 0. The molecule has 0 bridgehead atoms. The first-order valence-electron chi connectivity index (χ1n) is 5.45. The van der Waals surface area contributed by atoms with Crippen LogP contribution in [-0.2, 0) is 6.42 Å². The second-order valence-corrected chi connectivity index (χ2v) is 5.19. The summed E-state index contributed by atoms with van der Waals surface area (Å²) in [6.45, 7) is 5.99. The predicted molar refractivity (Wildman–Crippen MR) is 68.0 cm³/mol. The van der Waals surface area contributed by atoms with Gasteiger partial charge in [0.2, 0.25) is 0 Å². The minimum atomic E-state index is -0.222. The summed E-state index contributed by atoms with van der Waals surface area (Å²) in [6, 6.07) is 3.56. The van der Waals surface area contributed by atoms with Gasteiger partial charge in [-0.25, -0.2) is 0 Å². The van der Waals surface area contributed by atoms with Crippen molar-refractivity contribution in [3.63, 3.8) is 0 Å². The molecule has 0 spiro atoms. The van der Waals surface area contributed by atoms with Gasteiger partial charge in [0, 0.05) is 17.3 Å². The molecule has 16 heavy (non-hydrogen) atoms. The Morgan fingerprint density at radius 3 is 2.69 bits per heavy atom. The van der Waals surface area contributed by atoms with E-state index in [1.165, 1.54) is 0 Å². The van der Waals surface area contributed by atoms with Gasteiger partial charge < -0.3 is 9.73 Å². The van der Waals surface area contributed by atoms with Crippen LogP contribution in [0.15, 0.2) is 16.5 Å². The third-order valence-electron chi connectivity index (χ3n) is 2.41. The molecule has 0 saturated carbocycles. The molecule has 1 amide bonds. The molecule has 1 N–H and O–H groups in total. The quantitative estimate of drug-likeness (QED) is 0.846. The number of aryl methyl sites for hydroxylation is 1. The zero-order chi connectivity index (χ0) is 12.2. The SMILES string of the molecule is CCc1ccc(C(=O)NC(C)(C)CCBr)o1. The number of carbonyl (C=O) groups is 1. The first-order chi connectivity index (χ1) is 7.48. The van der Waals surface area contributed by atoms with Crippen LogP contribution in [0, 0.1) is 0 Å². The standard InChI is InChI=1S/C12H18BrNO2/c1-4-9-5-6-10(16-9)11(15)14-12(2,3)7-8-13/h5-6H,4,7-8H2,1-3H3,(H,14,15). The van der Waals surface area contributed by atoms with Crippen LogP contribution >= 0.6 is 15.9 Å². The van der Waals surface area contributed by atoms with Gasteiger partial charge >= 0.3 is 0 Å². The van der Waals surface area contributed by atoms with E-state index in [-0.39, 0.29) is 11.4 Å². The highest BCUT2D eigenvalue weighted by atomic mass is 79.9. The van der Waals surface area contributed by atoms with Crippen LogP contribution in [0.2, 0.25) is 0 Å². The smallest absolute Gasteiger partial charge is 0.287 e. The average molecular weight is 288 g/mol. The summed E-state index contributed by atoms with van der Waals surface area (Å²) < 4.78 is 5.39. The molecule has 0 saturated heterocycles. The van der Waals surface area contributed by atoms with Gasteiger partial charge in [0.15, 0.2) is 5.76 Å². The molecule has 0 aliphatic heterocycles. The van der Waals surface area contributed by atoms with E-state index in [9.17, 15) is 4.79 Å². The molecule has 0 atom stereocenters. The Balaban J connectivity index is 2.65. The van der Waals surface area contributed by atoms with Crippen molar-refractivity contribution in [2.24, 2.45) is 0 Å². The third-order valence-corrected chi connectivity index (χ3v) is 2.80. The average Bonchev–Trinajstić information content (AvgIpc) is 2.64. The molecule has 1 aromatic rings. The minimum Gasteiger partial charge on any atom is -0.456 e. The van der Waals surface area contributed by atoms with E-state index in [2.05, 4.69) is 21.2 Å². The van der Waals surface area contributed by atoms with Gasteiger partial charge in [-0.2, -0.15) is 0 Å². The molecule has 1 aromatic heterocycles. The second kappa shape index (κ2) is 5.53. The van der Waals surface area contributed by atoms with E-state index in [4.69, 9.17) is 4.42 Å². The van der Waals surface area contributed by atoms with E-state index in [0.717, 1.165) is 23.9 Å². The molecule has 0 radical (unpaired) electrons. The lowest BCUT2D eigenvalue weighted by Gasteiger charge is -2.24. The molecule has 0 aliphatic carbocycles. The molecule has 0 unspecified atom stereocenters. The lowest BCUT2D eigenvalue weighted by molar-refractivity contribution is 0.0881. The van der Waals surface area contributed by atoms with Crippen LogP contribution < -0.4 is 5.32 Å². The lowest BCUT2D eigenvalue weighted by atomic mass is 10.0. The number of furan rings is 1. The van der Waals surface area contributed by atoms with Crippen LogP contribution in [0.3, 0.4) is 0 Å². The molecule has 0 aliphatic rings. The summed E-state index contributed by atoms with van der Waals surface area (Å²) in [5.74, 6) is 1.08. The molecule has 0 fully saturated rings. The van der Waals surface area contributed by atoms with E-state index in [0.29, 0.717) is 5.76 Å². The van der Waals surface area contributed by atoms with Gasteiger partial charge in [0.25, 0.3) is 5.91 Å². The van der Waals surface area contributed by atoms with Gasteiger partial charge in [0.1, 0.15) is 5.76 Å². The van der Waals surface area contributed by atoms with Crippen molar-refractivity contribution in [3.8, 4) is 0 Å². The van der Waals surface area contributed by atoms with Gasteiger partial charge in [-0.3, -0.25) is 4.79 Å². The maximum Gasteiger partial charge on any atom is 0.287 e. The molecular weight excluding hydrogens is 270 g/mol. The van der Waals surface area contributed by atoms with Crippen LogP contribution in [0.25, 0.3) is 0 Å². The number of amides is 1. The molecule has 3 nitrogen and oxygen atoms in total. The maximum atomic E-state index is 11.8. The predicted octanol–water partition coefficient (Wildman–Crippen LogP) is 3.14. The molecule has 1 rings (SSSR count). The maximum absolute atomic E-state index is 11.8. The van der Waals surface area contributed by atoms with Crippen molar-refractivity contribution in [2.45, 2.75) is 39.2 Å². The van der Waals surface area contributed by atoms with E-state index in [1.807, 2.05) is 26.8 Å². The molecule has 4 heteroatoms. The number of alkyl halides is 1. The van der Waals surface area contributed by atoms with E-state index in [1.54, 1.807) is 6.07 Å². The van der Waals surface area contributed by atoms with Crippen molar-refractivity contribution >= 4 is 21.8 Å². The first-order valence-corrected chi connectivity index (χ1v) is 6.58. The molecule has 0 aromatic carbocycles. The molecule has 90 valence electrons. The van der Waals surface area contributed by atoms with Gasteiger partial charge in [0.05, 0.1) is 0 Å². The van der Waals surface area contributed by atoms with Crippen molar-refractivity contribution in [2.75, 3.05) is 5.33 Å². The fourth-order valence-corrected chi connectivity index (χ4v) is 2.35. The third kappa shape index (κ3) is 3.67. The minimum absolute atomic E-state index is 0.148. The molecule has 1 heterocycles. The Morgan fingerprint density at radius 2 is 2.19 bits per heavy atom. The number of nitrogens with one attached hydrogen (secondary N) is 1. The Labute approximate surface area is 105 Å². The monoisotopic (exact) mass is 287 g/mol. The summed E-state index contributed by atoms with van der Waals surface area (Å²) in [4.78, 5) is 11.8. The largest absolute Gasteiger partial charge is 0.456 e. The topological polar surface area (TPSA) is 42.2 Å². The van der Waals surface area contributed by atoms with Crippen LogP contribution in [-0.4, -0.2) is 16.8 Å². The van der Waals surface area contributed by atoms with Crippen molar-refractivity contribution in [1.29, 1.82) is 0 Å². The number of rotatable bonds is 5. The Bertz CT molecular complexity index is 358. The van der Waals surface area contributed by atoms with E-state index < -0.39 is 0 Å². The highest BCUT2D eigenvalue weighted by Gasteiger charge is 2.21. The van der Waals surface area contributed by atoms with Crippen LogP contribution in [0.1, 0.15) is 43.5 Å². The highest BCUT2D eigenvalue weighted by Crippen LogP contribution is 2.13. The summed E-state index contributed by atoms with van der Waals surface area (Å²) in [5, 5.41) is 3.81. The molecular formula is C12H18BrNO2. The normalized spacial score (nSPS) is 11.5. The lowest BCUT2D eigenvalue weighted by Crippen LogP contribution is -2.43. The Kier molecular flexibility index (Phi) is 4.59. The Hall–Kier alpha value is -0.770.